The molecule has 0 unspecified atom stereocenters. The van der Waals surface area contributed by atoms with Crippen LogP contribution in [0.1, 0.15) is 40.9 Å². The van der Waals surface area contributed by atoms with Gasteiger partial charge in [0.25, 0.3) is 0 Å². The number of carbonyl (C=O) groups excluding carboxylic acids is 1. The van der Waals surface area contributed by atoms with Gasteiger partial charge in [-0.3, -0.25) is 15.1 Å². The fraction of sp³-hybridized carbons (Fsp3) is 0.280. The Kier molecular flexibility index (Phi) is 8.69. The lowest BCUT2D eigenvalue weighted by Crippen LogP contribution is -2.38. The number of aromatic nitrogens is 1. The van der Waals surface area contributed by atoms with Crippen LogP contribution in [-0.4, -0.2) is 25.0 Å². The number of ether oxygens (including phenoxy) is 1. The highest BCUT2D eigenvalue weighted by molar-refractivity contribution is 6.30. The Hall–Kier alpha value is -3.17. The van der Waals surface area contributed by atoms with Crippen LogP contribution in [0.4, 0.5) is 17.6 Å². The van der Waals surface area contributed by atoms with Gasteiger partial charge in [0, 0.05) is 24.3 Å². The minimum Gasteiger partial charge on any atom is -0.494 e. The minimum absolute atomic E-state index is 0.0356. The number of methoxy groups -OCH3 is 1. The summed E-state index contributed by atoms with van der Waals surface area (Å²) in [4.78, 5) is 16.2. The molecular weight excluding hydrogens is 486 g/mol. The molecule has 1 aromatic heterocycles. The van der Waals surface area contributed by atoms with Crippen molar-refractivity contribution in [1.29, 1.82) is 0 Å². The number of likely N-dealkylation sites (N-methyl/N-ethyl adjacent to an activating group) is 1. The monoisotopic (exact) mass is 509 g/mol. The van der Waals surface area contributed by atoms with E-state index in [9.17, 15) is 22.4 Å². The Morgan fingerprint density at radius 2 is 1.77 bits per heavy atom. The summed E-state index contributed by atoms with van der Waals surface area (Å²) in [6.07, 6.45) is -2.61. The van der Waals surface area contributed by atoms with Gasteiger partial charge in [-0.25, -0.2) is 4.39 Å². The largest absolute Gasteiger partial charge is 0.494 e. The number of alkyl halides is 3. The van der Waals surface area contributed by atoms with E-state index in [1.54, 1.807) is 30.3 Å². The maximum Gasteiger partial charge on any atom is 0.433 e. The molecule has 1 amide bonds. The Bertz CT molecular complexity index is 1140. The molecule has 186 valence electrons. The molecule has 2 aromatic carbocycles. The summed E-state index contributed by atoms with van der Waals surface area (Å²) in [5, 5.41) is 6.44. The number of amides is 1. The second-order valence-electron chi connectivity index (χ2n) is 7.80. The summed E-state index contributed by atoms with van der Waals surface area (Å²) in [6, 6.07) is 12.2. The molecule has 0 spiro atoms. The van der Waals surface area contributed by atoms with Crippen molar-refractivity contribution in [1.82, 2.24) is 15.6 Å². The molecule has 0 saturated carbocycles. The van der Waals surface area contributed by atoms with E-state index < -0.39 is 29.8 Å². The molecule has 0 aliphatic heterocycles. The van der Waals surface area contributed by atoms with Crippen LogP contribution in [0.2, 0.25) is 5.02 Å². The molecule has 0 bridgehead atoms. The van der Waals surface area contributed by atoms with Crippen LogP contribution in [0, 0.1) is 5.82 Å². The first-order valence-corrected chi connectivity index (χ1v) is 11.1. The van der Waals surface area contributed by atoms with E-state index >= 15 is 0 Å². The smallest absolute Gasteiger partial charge is 0.433 e. The van der Waals surface area contributed by atoms with Crippen molar-refractivity contribution in [3.05, 3.63) is 94.0 Å². The Balaban J connectivity index is 1.91. The highest BCUT2D eigenvalue weighted by atomic mass is 35.5. The lowest BCUT2D eigenvalue weighted by Gasteiger charge is -2.26. The quantitative estimate of drug-likeness (QED) is 0.366. The van der Waals surface area contributed by atoms with Crippen LogP contribution in [-0.2, 0) is 17.4 Å². The molecular formula is C25H24ClF4N3O2. The van der Waals surface area contributed by atoms with Crippen molar-refractivity contribution in [3.63, 3.8) is 0 Å². The van der Waals surface area contributed by atoms with E-state index in [1.165, 1.54) is 38.6 Å². The molecule has 0 saturated heterocycles. The summed E-state index contributed by atoms with van der Waals surface area (Å²) in [5.74, 6) is -0.807. The van der Waals surface area contributed by atoms with Gasteiger partial charge in [0.05, 0.1) is 7.11 Å². The number of rotatable bonds is 9. The molecule has 0 fully saturated rings. The fourth-order valence-corrected chi connectivity index (χ4v) is 3.74. The minimum atomic E-state index is -4.52. The molecule has 5 nitrogen and oxygen atoms in total. The third-order valence-electron chi connectivity index (χ3n) is 5.49. The first-order chi connectivity index (χ1) is 16.6. The molecule has 10 heteroatoms. The molecule has 2 atom stereocenters. The fourth-order valence-electron chi connectivity index (χ4n) is 3.61. The van der Waals surface area contributed by atoms with Gasteiger partial charge in [-0.05, 0) is 59.9 Å². The standard InChI is InChI=1S/C25H24ClF4N3O2/c1-31-24(34)23(16-5-8-18(26)9-6-16)33-20(17-7-10-19(27)21(13-17)35-2)11-3-15-4-12-22(32-14-15)25(28,29)30/h4-10,12-14,20,23,33H,3,11H2,1-2H3,(H,31,34)/t20-,23-/m1/s1. The van der Waals surface area contributed by atoms with Crippen molar-refractivity contribution < 1.29 is 27.1 Å². The van der Waals surface area contributed by atoms with Crippen molar-refractivity contribution in [3.8, 4) is 5.75 Å². The number of halogens is 5. The second kappa shape index (κ2) is 11.5. The van der Waals surface area contributed by atoms with Crippen LogP contribution in [0.3, 0.4) is 0 Å². The zero-order chi connectivity index (χ0) is 25.6. The first kappa shape index (κ1) is 26.4. The molecule has 1 heterocycles. The average Bonchev–Trinajstić information content (AvgIpc) is 2.84. The second-order valence-corrected chi connectivity index (χ2v) is 8.24. The molecule has 2 N–H and O–H groups in total. The van der Waals surface area contributed by atoms with Crippen molar-refractivity contribution in [2.75, 3.05) is 14.2 Å². The summed E-state index contributed by atoms with van der Waals surface area (Å²) in [6.45, 7) is 0. The SMILES string of the molecule is CNC(=O)[C@H](N[C@H](CCc1ccc(C(F)(F)F)nc1)c1ccc(F)c(OC)c1)c1ccc(Cl)cc1. The van der Waals surface area contributed by atoms with Crippen LogP contribution in [0.15, 0.2) is 60.8 Å². The number of nitrogens with one attached hydrogen (secondary N) is 2. The van der Waals surface area contributed by atoms with Gasteiger partial charge in [0.15, 0.2) is 11.6 Å². The molecule has 0 radical (unpaired) electrons. The van der Waals surface area contributed by atoms with Crippen LogP contribution in [0.5, 0.6) is 5.75 Å². The zero-order valence-corrected chi connectivity index (χ0v) is 19.8. The first-order valence-electron chi connectivity index (χ1n) is 10.7. The Morgan fingerprint density at radius 1 is 1.09 bits per heavy atom. The molecule has 3 rings (SSSR count). The molecule has 0 aliphatic rings. The normalized spacial score (nSPS) is 13.2. The maximum atomic E-state index is 14.0. The number of hydrogen-bond acceptors (Lipinski definition) is 4. The van der Waals surface area contributed by atoms with E-state index in [0.29, 0.717) is 34.6 Å². The summed E-state index contributed by atoms with van der Waals surface area (Å²) >= 11 is 5.99. The Morgan fingerprint density at radius 3 is 2.34 bits per heavy atom. The van der Waals surface area contributed by atoms with E-state index in [0.717, 1.165) is 6.07 Å². The predicted octanol–water partition coefficient (Wildman–Crippen LogP) is 5.65. The number of carbonyl (C=O) groups is 1. The third-order valence-corrected chi connectivity index (χ3v) is 5.75. The van der Waals surface area contributed by atoms with Gasteiger partial charge in [-0.15, -0.1) is 0 Å². The van der Waals surface area contributed by atoms with Gasteiger partial charge in [-0.1, -0.05) is 35.9 Å². The highest BCUT2D eigenvalue weighted by Crippen LogP contribution is 2.30. The van der Waals surface area contributed by atoms with Crippen molar-refractivity contribution in [2.45, 2.75) is 31.1 Å². The van der Waals surface area contributed by atoms with Crippen molar-refractivity contribution in [2.24, 2.45) is 0 Å². The van der Waals surface area contributed by atoms with Crippen LogP contribution >= 0.6 is 11.6 Å². The van der Waals surface area contributed by atoms with Gasteiger partial charge in [-0.2, -0.15) is 13.2 Å². The zero-order valence-electron chi connectivity index (χ0n) is 19.0. The van der Waals surface area contributed by atoms with Crippen LogP contribution < -0.4 is 15.4 Å². The van der Waals surface area contributed by atoms with Gasteiger partial charge >= 0.3 is 6.18 Å². The summed E-state index contributed by atoms with van der Waals surface area (Å²) < 4.78 is 57.7. The third kappa shape index (κ3) is 6.93. The summed E-state index contributed by atoms with van der Waals surface area (Å²) in [7, 11) is 2.86. The highest BCUT2D eigenvalue weighted by Gasteiger charge is 2.32. The van der Waals surface area contributed by atoms with Crippen molar-refractivity contribution >= 4 is 17.5 Å². The van der Waals surface area contributed by atoms with E-state index in [1.807, 2.05) is 0 Å². The Labute approximate surface area is 205 Å². The number of hydrogen-bond donors (Lipinski definition) is 2. The number of pyridine rings is 1. The molecule has 0 aliphatic carbocycles. The maximum absolute atomic E-state index is 14.0. The number of aryl methyl sites for hydroxylation is 1. The van der Waals surface area contributed by atoms with Gasteiger partial charge in [0.1, 0.15) is 11.7 Å². The van der Waals surface area contributed by atoms with E-state index in [4.69, 9.17) is 16.3 Å². The lowest BCUT2D eigenvalue weighted by atomic mass is 9.96. The predicted molar refractivity (Wildman–Crippen MR) is 125 cm³/mol. The lowest BCUT2D eigenvalue weighted by molar-refractivity contribution is -0.141. The van der Waals surface area contributed by atoms with Gasteiger partial charge < -0.3 is 10.1 Å². The van der Waals surface area contributed by atoms with E-state index in [-0.39, 0.29) is 11.7 Å². The van der Waals surface area contributed by atoms with Crippen LogP contribution in [0.25, 0.3) is 0 Å². The topological polar surface area (TPSA) is 63.2 Å². The van der Waals surface area contributed by atoms with Gasteiger partial charge in [0.2, 0.25) is 5.91 Å². The van der Waals surface area contributed by atoms with E-state index in [2.05, 4.69) is 15.6 Å². The number of benzene rings is 2. The molecule has 35 heavy (non-hydrogen) atoms. The number of nitrogens with zero attached hydrogens (tertiary/aromatic N) is 1. The average molecular weight is 510 g/mol. The summed E-state index contributed by atoms with van der Waals surface area (Å²) in [5.41, 5.74) is 0.915. The molecule has 3 aromatic rings.